The normalized spacial score (nSPS) is 11.7. The summed E-state index contributed by atoms with van der Waals surface area (Å²) in [6.45, 7) is 3.72. The molecule has 0 radical (unpaired) electrons. The molecule has 1 aromatic rings. The first-order valence-corrected chi connectivity index (χ1v) is 7.31. The fourth-order valence-corrected chi connectivity index (χ4v) is 2.32. The van der Waals surface area contributed by atoms with Crippen LogP contribution < -0.4 is 10.5 Å². The standard InChI is InChI=1S/C11H19N3O3S/c1-2-17-7-3-6-14-18(15,16)11-5-4-10(8-12)13-9-11/h4-5,9,14H,2-3,6-8,12H2,1H3. The Hall–Kier alpha value is -1.02. The minimum absolute atomic E-state index is 0.149. The summed E-state index contributed by atoms with van der Waals surface area (Å²) in [5, 5.41) is 0. The number of rotatable bonds is 8. The molecule has 0 aliphatic heterocycles. The molecule has 1 heterocycles. The molecule has 6 nitrogen and oxygen atoms in total. The lowest BCUT2D eigenvalue weighted by Gasteiger charge is -2.07. The van der Waals surface area contributed by atoms with Crippen LogP contribution in [0.4, 0.5) is 0 Å². The lowest BCUT2D eigenvalue weighted by Crippen LogP contribution is -2.25. The van der Waals surface area contributed by atoms with E-state index >= 15 is 0 Å². The van der Waals surface area contributed by atoms with E-state index in [1.807, 2.05) is 6.92 Å². The maximum Gasteiger partial charge on any atom is 0.242 e. The molecule has 0 aliphatic carbocycles. The topological polar surface area (TPSA) is 94.3 Å². The number of pyridine rings is 1. The van der Waals surface area contributed by atoms with Crippen LogP contribution in [0.3, 0.4) is 0 Å². The maximum absolute atomic E-state index is 11.8. The highest BCUT2D eigenvalue weighted by molar-refractivity contribution is 7.89. The summed E-state index contributed by atoms with van der Waals surface area (Å²) in [6.07, 6.45) is 1.95. The quantitative estimate of drug-likeness (QED) is 0.662. The summed E-state index contributed by atoms with van der Waals surface area (Å²) < 4.78 is 31.3. The van der Waals surface area contributed by atoms with E-state index in [4.69, 9.17) is 10.5 Å². The predicted octanol–water partition coefficient (Wildman–Crippen LogP) is 0.245. The Morgan fingerprint density at radius 1 is 1.44 bits per heavy atom. The molecule has 0 fully saturated rings. The summed E-state index contributed by atoms with van der Waals surface area (Å²) in [5.74, 6) is 0. The zero-order chi connectivity index (χ0) is 13.4. The lowest BCUT2D eigenvalue weighted by atomic mass is 10.4. The number of sulfonamides is 1. The van der Waals surface area contributed by atoms with Gasteiger partial charge in [0, 0.05) is 32.5 Å². The highest BCUT2D eigenvalue weighted by Crippen LogP contribution is 2.07. The molecule has 1 rings (SSSR count). The number of nitrogens with two attached hydrogens (primary N) is 1. The van der Waals surface area contributed by atoms with E-state index in [9.17, 15) is 8.42 Å². The summed E-state index contributed by atoms with van der Waals surface area (Å²) in [6, 6.07) is 3.11. The van der Waals surface area contributed by atoms with E-state index < -0.39 is 10.0 Å². The van der Waals surface area contributed by atoms with Gasteiger partial charge >= 0.3 is 0 Å². The van der Waals surface area contributed by atoms with Gasteiger partial charge in [-0.05, 0) is 25.5 Å². The van der Waals surface area contributed by atoms with Gasteiger partial charge in [-0.1, -0.05) is 0 Å². The van der Waals surface area contributed by atoms with Crippen LogP contribution in [-0.4, -0.2) is 33.2 Å². The van der Waals surface area contributed by atoms with Crippen molar-refractivity contribution in [1.29, 1.82) is 0 Å². The van der Waals surface area contributed by atoms with E-state index in [2.05, 4.69) is 9.71 Å². The number of aromatic nitrogens is 1. The van der Waals surface area contributed by atoms with Crippen molar-refractivity contribution in [2.45, 2.75) is 24.8 Å². The number of nitrogens with zero attached hydrogens (tertiary/aromatic N) is 1. The van der Waals surface area contributed by atoms with Gasteiger partial charge in [0.15, 0.2) is 0 Å². The Kier molecular flexibility index (Phi) is 6.20. The SMILES string of the molecule is CCOCCCNS(=O)(=O)c1ccc(CN)nc1. The van der Waals surface area contributed by atoms with Gasteiger partial charge in [0.1, 0.15) is 4.90 Å². The summed E-state index contributed by atoms with van der Waals surface area (Å²) in [7, 11) is -3.48. The molecule has 102 valence electrons. The van der Waals surface area contributed by atoms with Crippen LogP contribution >= 0.6 is 0 Å². The Morgan fingerprint density at radius 2 is 2.22 bits per heavy atom. The van der Waals surface area contributed by atoms with Crippen molar-refractivity contribution in [3.63, 3.8) is 0 Å². The van der Waals surface area contributed by atoms with Crippen molar-refractivity contribution >= 4 is 10.0 Å². The molecule has 0 amide bonds. The molecule has 18 heavy (non-hydrogen) atoms. The molecule has 0 unspecified atom stereocenters. The van der Waals surface area contributed by atoms with Crippen molar-refractivity contribution in [3.8, 4) is 0 Å². The van der Waals surface area contributed by atoms with Crippen molar-refractivity contribution in [3.05, 3.63) is 24.0 Å². The minimum Gasteiger partial charge on any atom is -0.382 e. The highest BCUT2D eigenvalue weighted by Gasteiger charge is 2.13. The monoisotopic (exact) mass is 273 g/mol. The second kappa shape index (κ2) is 7.42. The molecular formula is C11H19N3O3S. The van der Waals surface area contributed by atoms with E-state index in [1.165, 1.54) is 12.3 Å². The van der Waals surface area contributed by atoms with Gasteiger partial charge in [-0.2, -0.15) is 0 Å². The van der Waals surface area contributed by atoms with Gasteiger partial charge in [0.2, 0.25) is 10.0 Å². The van der Waals surface area contributed by atoms with Crippen LogP contribution in [0, 0.1) is 0 Å². The van der Waals surface area contributed by atoms with Crippen molar-refractivity contribution in [1.82, 2.24) is 9.71 Å². The molecular weight excluding hydrogens is 254 g/mol. The zero-order valence-corrected chi connectivity index (χ0v) is 11.2. The number of ether oxygens (including phenoxy) is 1. The number of hydrogen-bond donors (Lipinski definition) is 2. The first-order valence-electron chi connectivity index (χ1n) is 5.82. The minimum atomic E-state index is -3.48. The third-order valence-corrected chi connectivity index (χ3v) is 3.72. The molecule has 7 heteroatoms. The molecule has 0 atom stereocenters. The summed E-state index contributed by atoms with van der Waals surface area (Å²) >= 11 is 0. The average molecular weight is 273 g/mol. The van der Waals surface area contributed by atoms with Crippen molar-refractivity contribution < 1.29 is 13.2 Å². The zero-order valence-electron chi connectivity index (χ0n) is 10.4. The fourth-order valence-electron chi connectivity index (χ4n) is 1.30. The molecule has 0 aliphatic rings. The Morgan fingerprint density at radius 3 is 2.78 bits per heavy atom. The van der Waals surface area contributed by atoms with Crippen LogP contribution in [0.25, 0.3) is 0 Å². The lowest BCUT2D eigenvalue weighted by molar-refractivity contribution is 0.146. The third kappa shape index (κ3) is 4.69. The molecule has 3 N–H and O–H groups in total. The van der Waals surface area contributed by atoms with E-state index in [-0.39, 0.29) is 4.90 Å². The van der Waals surface area contributed by atoms with Crippen LogP contribution in [0.5, 0.6) is 0 Å². The van der Waals surface area contributed by atoms with E-state index in [0.717, 1.165) is 0 Å². The third-order valence-electron chi connectivity index (χ3n) is 2.28. The molecule has 0 saturated carbocycles. The van der Waals surface area contributed by atoms with Crippen LogP contribution in [-0.2, 0) is 21.3 Å². The highest BCUT2D eigenvalue weighted by atomic mass is 32.2. The molecule has 0 saturated heterocycles. The van der Waals surface area contributed by atoms with Gasteiger partial charge < -0.3 is 10.5 Å². The smallest absolute Gasteiger partial charge is 0.242 e. The Balaban J connectivity index is 2.51. The van der Waals surface area contributed by atoms with Gasteiger partial charge in [0.05, 0.1) is 5.69 Å². The van der Waals surface area contributed by atoms with E-state index in [0.29, 0.717) is 38.4 Å². The maximum atomic E-state index is 11.8. The van der Waals surface area contributed by atoms with E-state index in [1.54, 1.807) is 6.07 Å². The second-order valence-corrected chi connectivity index (χ2v) is 5.40. The Bertz CT molecular complexity index is 445. The number of nitrogens with one attached hydrogen (secondary N) is 1. The first kappa shape index (κ1) is 15.0. The molecule has 0 aromatic carbocycles. The fraction of sp³-hybridized carbons (Fsp3) is 0.545. The van der Waals surface area contributed by atoms with Crippen LogP contribution in [0.1, 0.15) is 19.0 Å². The summed E-state index contributed by atoms with van der Waals surface area (Å²) in [5.41, 5.74) is 6.05. The van der Waals surface area contributed by atoms with Crippen molar-refractivity contribution in [2.24, 2.45) is 5.73 Å². The van der Waals surface area contributed by atoms with Gasteiger partial charge in [-0.15, -0.1) is 0 Å². The predicted molar refractivity (Wildman–Crippen MR) is 68.4 cm³/mol. The van der Waals surface area contributed by atoms with Crippen molar-refractivity contribution in [2.75, 3.05) is 19.8 Å². The molecule has 0 bridgehead atoms. The van der Waals surface area contributed by atoms with Gasteiger partial charge in [-0.3, -0.25) is 4.98 Å². The van der Waals surface area contributed by atoms with Crippen LogP contribution in [0.15, 0.2) is 23.2 Å². The van der Waals surface area contributed by atoms with Gasteiger partial charge in [0.25, 0.3) is 0 Å². The Labute approximate surface area is 108 Å². The largest absolute Gasteiger partial charge is 0.382 e. The van der Waals surface area contributed by atoms with Crippen LogP contribution in [0.2, 0.25) is 0 Å². The first-order chi connectivity index (χ1) is 8.60. The summed E-state index contributed by atoms with van der Waals surface area (Å²) in [4.78, 5) is 4.10. The molecule has 1 aromatic heterocycles. The average Bonchev–Trinajstić information content (AvgIpc) is 2.38. The van der Waals surface area contributed by atoms with Gasteiger partial charge in [-0.25, -0.2) is 13.1 Å². The number of hydrogen-bond acceptors (Lipinski definition) is 5. The second-order valence-electron chi connectivity index (χ2n) is 3.64. The molecule has 0 spiro atoms.